The molecule has 0 heterocycles. The third kappa shape index (κ3) is 2.17. The van der Waals surface area contributed by atoms with E-state index in [0.29, 0.717) is 0 Å². The van der Waals surface area contributed by atoms with Crippen molar-refractivity contribution in [1.82, 2.24) is 0 Å². The van der Waals surface area contributed by atoms with Gasteiger partial charge in [0.05, 0.1) is 0 Å². The van der Waals surface area contributed by atoms with E-state index in [-0.39, 0.29) is 10.8 Å². The van der Waals surface area contributed by atoms with Crippen LogP contribution in [0.2, 0.25) is 0 Å². The maximum atomic E-state index is 10.5. The Morgan fingerprint density at radius 3 is 2.29 bits per heavy atom. The molecule has 1 saturated carbocycles. The first-order valence-electron chi connectivity index (χ1n) is 5.30. The van der Waals surface area contributed by atoms with Crippen LogP contribution in [0.1, 0.15) is 46.5 Å². The molecule has 14 heavy (non-hydrogen) atoms. The first kappa shape index (κ1) is 11.3. The lowest BCUT2D eigenvalue weighted by Crippen LogP contribution is -2.36. The van der Waals surface area contributed by atoms with Crippen LogP contribution >= 0.6 is 0 Å². The molecule has 0 spiro atoms. The third-order valence-corrected chi connectivity index (χ3v) is 3.89. The van der Waals surface area contributed by atoms with Gasteiger partial charge in [0.2, 0.25) is 0 Å². The first-order chi connectivity index (χ1) is 6.37. The highest BCUT2D eigenvalue weighted by Gasteiger charge is 2.40. The van der Waals surface area contributed by atoms with Crippen molar-refractivity contribution in [3.63, 3.8) is 0 Å². The van der Waals surface area contributed by atoms with E-state index in [0.717, 1.165) is 6.42 Å². The highest BCUT2D eigenvalue weighted by molar-refractivity contribution is 5.79. The largest absolute Gasteiger partial charge is 0.478 e. The van der Waals surface area contributed by atoms with Crippen LogP contribution in [-0.4, -0.2) is 11.1 Å². The van der Waals surface area contributed by atoms with Crippen LogP contribution in [0.5, 0.6) is 0 Å². The quantitative estimate of drug-likeness (QED) is 0.688. The Labute approximate surface area is 86.0 Å². The van der Waals surface area contributed by atoms with Crippen molar-refractivity contribution < 1.29 is 9.90 Å². The Morgan fingerprint density at radius 2 is 1.79 bits per heavy atom. The number of carboxylic acid groups (broad SMARTS) is 1. The lowest BCUT2D eigenvalue weighted by molar-refractivity contribution is -0.131. The van der Waals surface area contributed by atoms with Gasteiger partial charge in [-0.05, 0) is 23.7 Å². The SMILES string of the molecule is CC1(C)CCCCC1(C)C=CC(=O)O. The molecular formula is C12H20O2. The van der Waals surface area contributed by atoms with Crippen LogP contribution in [0.15, 0.2) is 12.2 Å². The van der Waals surface area contributed by atoms with Crippen LogP contribution in [0, 0.1) is 10.8 Å². The summed E-state index contributed by atoms with van der Waals surface area (Å²) in [6.07, 6.45) is 7.95. The topological polar surface area (TPSA) is 37.3 Å². The third-order valence-electron chi connectivity index (χ3n) is 3.89. The number of hydrogen-bond donors (Lipinski definition) is 1. The van der Waals surface area contributed by atoms with Gasteiger partial charge in [-0.2, -0.15) is 0 Å². The molecule has 2 nitrogen and oxygen atoms in total. The summed E-state index contributed by atoms with van der Waals surface area (Å²) in [5.41, 5.74) is 0.265. The zero-order chi connectivity index (χ0) is 10.8. The lowest BCUT2D eigenvalue weighted by Gasteiger charge is -2.46. The van der Waals surface area contributed by atoms with Crippen molar-refractivity contribution in [3.8, 4) is 0 Å². The highest BCUT2D eigenvalue weighted by atomic mass is 16.4. The van der Waals surface area contributed by atoms with Gasteiger partial charge >= 0.3 is 5.97 Å². The molecule has 0 radical (unpaired) electrons. The molecule has 0 aromatic rings. The summed E-state index contributed by atoms with van der Waals surface area (Å²) in [5.74, 6) is -0.840. The van der Waals surface area contributed by atoms with E-state index in [1.807, 2.05) is 6.08 Å². The highest BCUT2D eigenvalue weighted by Crippen LogP contribution is 2.50. The van der Waals surface area contributed by atoms with E-state index >= 15 is 0 Å². The molecule has 1 rings (SSSR count). The molecule has 0 aliphatic heterocycles. The van der Waals surface area contributed by atoms with Gasteiger partial charge in [0.1, 0.15) is 0 Å². The van der Waals surface area contributed by atoms with E-state index in [1.165, 1.54) is 25.3 Å². The normalized spacial score (nSPS) is 31.9. The molecule has 0 saturated heterocycles. The minimum atomic E-state index is -0.840. The maximum Gasteiger partial charge on any atom is 0.327 e. The molecule has 0 aromatic heterocycles. The molecule has 1 unspecified atom stereocenters. The number of allylic oxidation sites excluding steroid dienone is 1. The molecule has 1 atom stereocenters. The Morgan fingerprint density at radius 1 is 1.21 bits per heavy atom. The Balaban J connectivity index is 2.84. The lowest BCUT2D eigenvalue weighted by atomic mass is 9.59. The molecule has 0 aromatic carbocycles. The second-order valence-electron chi connectivity index (χ2n) is 5.18. The smallest absolute Gasteiger partial charge is 0.327 e. The fraction of sp³-hybridized carbons (Fsp3) is 0.750. The summed E-state index contributed by atoms with van der Waals surface area (Å²) < 4.78 is 0. The van der Waals surface area contributed by atoms with E-state index in [9.17, 15) is 4.79 Å². The number of rotatable bonds is 2. The van der Waals surface area contributed by atoms with Crippen molar-refractivity contribution in [2.45, 2.75) is 46.5 Å². The van der Waals surface area contributed by atoms with Crippen LogP contribution in [0.25, 0.3) is 0 Å². The molecule has 1 fully saturated rings. The number of carboxylic acids is 1. The molecule has 0 amide bonds. The summed E-state index contributed by atoms with van der Waals surface area (Å²) in [5, 5.41) is 8.64. The standard InChI is InChI=1S/C12H20O2/c1-11(2)7-4-5-8-12(11,3)9-6-10(13)14/h6,9H,4-5,7-8H2,1-3H3,(H,13,14). The number of aliphatic carboxylic acids is 1. The zero-order valence-electron chi connectivity index (χ0n) is 9.34. The van der Waals surface area contributed by atoms with E-state index < -0.39 is 5.97 Å². The summed E-state index contributed by atoms with van der Waals surface area (Å²) in [4.78, 5) is 10.5. The summed E-state index contributed by atoms with van der Waals surface area (Å²) in [6, 6.07) is 0. The Bertz CT molecular complexity index is 253. The predicted molar refractivity (Wildman–Crippen MR) is 57.1 cm³/mol. The van der Waals surface area contributed by atoms with Crippen LogP contribution in [0.3, 0.4) is 0 Å². The first-order valence-corrected chi connectivity index (χ1v) is 5.30. The minimum Gasteiger partial charge on any atom is -0.478 e. The molecular weight excluding hydrogens is 176 g/mol. The van der Waals surface area contributed by atoms with Crippen LogP contribution < -0.4 is 0 Å². The predicted octanol–water partition coefficient (Wildman–Crippen LogP) is 3.23. The summed E-state index contributed by atoms with van der Waals surface area (Å²) >= 11 is 0. The molecule has 1 N–H and O–H groups in total. The fourth-order valence-corrected chi connectivity index (χ4v) is 2.25. The van der Waals surface area contributed by atoms with Gasteiger partial charge in [-0.1, -0.05) is 39.7 Å². The van der Waals surface area contributed by atoms with E-state index in [1.54, 1.807) is 0 Å². The fourth-order valence-electron chi connectivity index (χ4n) is 2.25. The average molecular weight is 196 g/mol. The van der Waals surface area contributed by atoms with Gasteiger partial charge in [0, 0.05) is 6.08 Å². The number of carbonyl (C=O) groups is 1. The van der Waals surface area contributed by atoms with Gasteiger partial charge in [-0.25, -0.2) is 4.79 Å². The summed E-state index contributed by atoms with van der Waals surface area (Å²) in [6.45, 7) is 6.64. The van der Waals surface area contributed by atoms with Crippen molar-refractivity contribution in [2.75, 3.05) is 0 Å². The van der Waals surface area contributed by atoms with Gasteiger partial charge in [-0.3, -0.25) is 0 Å². The average Bonchev–Trinajstić information content (AvgIpc) is 2.07. The summed E-state index contributed by atoms with van der Waals surface area (Å²) in [7, 11) is 0. The Hall–Kier alpha value is -0.790. The zero-order valence-corrected chi connectivity index (χ0v) is 9.34. The number of hydrogen-bond acceptors (Lipinski definition) is 1. The van der Waals surface area contributed by atoms with Gasteiger partial charge in [-0.15, -0.1) is 0 Å². The molecule has 80 valence electrons. The van der Waals surface area contributed by atoms with E-state index in [2.05, 4.69) is 20.8 Å². The van der Waals surface area contributed by atoms with Gasteiger partial charge in [0.25, 0.3) is 0 Å². The minimum absolute atomic E-state index is 0.0453. The van der Waals surface area contributed by atoms with Crippen molar-refractivity contribution in [3.05, 3.63) is 12.2 Å². The van der Waals surface area contributed by atoms with Gasteiger partial charge < -0.3 is 5.11 Å². The van der Waals surface area contributed by atoms with Crippen molar-refractivity contribution >= 4 is 5.97 Å². The van der Waals surface area contributed by atoms with Crippen LogP contribution in [-0.2, 0) is 4.79 Å². The second kappa shape index (κ2) is 3.76. The molecule has 2 heteroatoms. The maximum absolute atomic E-state index is 10.5. The van der Waals surface area contributed by atoms with Gasteiger partial charge in [0.15, 0.2) is 0 Å². The second-order valence-corrected chi connectivity index (χ2v) is 5.18. The molecule has 0 bridgehead atoms. The Kier molecular flexibility index (Phi) is 3.03. The molecule has 1 aliphatic rings. The monoisotopic (exact) mass is 196 g/mol. The van der Waals surface area contributed by atoms with E-state index in [4.69, 9.17) is 5.11 Å². The van der Waals surface area contributed by atoms with Crippen molar-refractivity contribution in [2.24, 2.45) is 10.8 Å². The van der Waals surface area contributed by atoms with Crippen LogP contribution in [0.4, 0.5) is 0 Å². The molecule has 1 aliphatic carbocycles. The van der Waals surface area contributed by atoms with Crippen molar-refractivity contribution in [1.29, 1.82) is 0 Å².